The molecule has 1 aromatic carbocycles. The Morgan fingerprint density at radius 2 is 2.08 bits per heavy atom. The van der Waals surface area contributed by atoms with Crippen LogP contribution in [-0.4, -0.2) is 55.6 Å². The quantitative estimate of drug-likeness (QED) is 0.797. The standard InChI is InChI=1S/C18H20FN3O4/c1-10(24)20-5-12-6-22(18(25)26-12)11-2-3-13(16(19)4-11)17-14-7-21(9-23)8-15(14)17/h2-4,9,12,14-15,17H,5-8H2,1H3,(H,20,24)/t12-,14-,15+,17+/m0/s1. The number of rotatable bonds is 5. The zero-order valence-corrected chi connectivity index (χ0v) is 14.4. The number of carbonyl (C=O) groups excluding carboxylic acids is 3. The van der Waals surface area contributed by atoms with E-state index in [1.54, 1.807) is 17.0 Å². The molecule has 1 N–H and O–H groups in total. The average molecular weight is 361 g/mol. The SMILES string of the molecule is CC(=O)NC[C@H]1CN(c2ccc([C@H]3[C@@H]4CN(C=O)C[C@@H]43)c(F)c2)C(=O)O1. The van der Waals surface area contributed by atoms with Crippen LogP contribution < -0.4 is 10.2 Å². The van der Waals surface area contributed by atoms with Gasteiger partial charge in [0.25, 0.3) is 0 Å². The molecule has 3 amide bonds. The van der Waals surface area contributed by atoms with E-state index in [4.69, 9.17) is 4.74 Å². The molecule has 0 spiro atoms. The molecule has 4 atom stereocenters. The minimum atomic E-state index is -0.544. The van der Waals surface area contributed by atoms with Crippen LogP contribution in [-0.2, 0) is 14.3 Å². The second-order valence-electron chi connectivity index (χ2n) is 7.17. The number of likely N-dealkylation sites (tertiary alicyclic amines) is 1. The molecule has 7 nitrogen and oxygen atoms in total. The minimum Gasteiger partial charge on any atom is -0.442 e. The molecule has 8 heteroatoms. The highest BCUT2D eigenvalue weighted by atomic mass is 19.1. The highest BCUT2D eigenvalue weighted by Crippen LogP contribution is 2.58. The highest BCUT2D eigenvalue weighted by Gasteiger charge is 2.56. The smallest absolute Gasteiger partial charge is 0.414 e. The average Bonchev–Trinajstić information content (AvgIpc) is 2.95. The number of ether oxygens (including phenoxy) is 1. The summed E-state index contributed by atoms with van der Waals surface area (Å²) in [7, 11) is 0. The molecule has 0 radical (unpaired) electrons. The third-order valence-corrected chi connectivity index (χ3v) is 5.48. The number of nitrogens with one attached hydrogen (secondary N) is 1. The Morgan fingerprint density at radius 1 is 1.35 bits per heavy atom. The van der Waals surface area contributed by atoms with Gasteiger partial charge in [-0.05, 0) is 35.4 Å². The van der Waals surface area contributed by atoms with Gasteiger partial charge in [0.05, 0.1) is 18.8 Å². The van der Waals surface area contributed by atoms with Gasteiger partial charge < -0.3 is 15.0 Å². The van der Waals surface area contributed by atoms with Gasteiger partial charge in [-0.2, -0.15) is 0 Å². The van der Waals surface area contributed by atoms with E-state index in [2.05, 4.69) is 5.32 Å². The fourth-order valence-corrected chi connectivity index (χ4v) is 4.16. The van der Waals surface area contributed by atoms with Gasteiger partial charge in [0.1, 0.15) is 11.9 Å². The van der Waals surface area contributed by atoms with Crippen LogP contribution in [0, 0.1) is 17.7 Å². The maximum absolute atomic E-state index is 14.6. The second-order valence-corrected chi connectivity index (χ2v) is 7.17. The van der Waals surface area contributed by atoms with Gasteiger partial charge in [0.2, 0.25) is 12.3 Å². The maximum atomic E-state index is 14.6. The molecule has 1 aliphatic carbocycles. The molecule has 2 heterocycles. The number of carbonyl (C=O) groups is 3. The lowest BCUT2D eigenvalue weighted by molar-refractivity contribution is -0.119. The Bertz CT molecular complexity index is 759. The second kappa shape index (κ2) is 6.26. The van der Waals surface area contributed by atoms with Crippen molar-refractivity contribution < 1.29 is 23.5 Å². The van der Waals surface area contributed by atoms with Crippen LogP contribution in [0.4, 0.5) is 14.9 Å². The van der Waals surface area contributed by atoms with Gasteiger partial charge in [0.15, 0.2) is 0 Å². The van der Waals surface area contributed by atoms with Crippen molar-refractivity contribution in [1.82, 2.24) is 10.2 Å². The van der Waals surface area contributed by atoms with Crippen molar-refractivity contribution in [3.05, 3.63) is 29.6 Å². The summed E-state index contributed by atoms with van der Waals surface area (Å²) in [6.45, 7) is 3.26. The lowest BCUT2D eigenvalue weighted by Gasteiger charge is -2.17. The molecule has 4 rings (SSSR count). The molecule has 2 saturated heterocycles. The minimum absolute atomic E-state index is 0.151. The molecule has 138 valence electrons. The Labute approximate surface area is 150 Å². The molecule has 3 aliphatic rings. The summed E-state index contributed by atoms with van der Waals surface area (Å²) in [6, 6.07) is 4.82. The van der Waals surface area contributed by atoms with E-state index < -0.39 is 12.2 Å². The normalized spacial score (nSPS) is 29.4. The summed E-state index contributed by atoms with van der Waals surface area (Å²) in [5.74, 6) is 0.285. The van der Waals surface area contributed by atoms with Crippen LogP contribution in [0.15, 0.2) is 18.2 Å². The molecular weight excluding hydrogens is 341 g/mol. The first-order chi connectivity index (χ1) is 12.5. The molecule has 0 aromatic heterocycles. The van der Waals surface area contributed by atoms with Crippen LogP contribution in [0.5, 0.6) is 0 Å². The van der Waals surface area contributed by atoms with Crippen LogP contribution in [0.25, 0.3) is 0 Å². The Balaban J connectivity index is 1.43. The molecule has 0 bridgehead atoms. The van der Waals surface area contributed by atoms with Gasteiger partial charge in [0, 0.05) is 20.0 Å². The van der Waals surface area contributed by atoms with Crippen LogP contribution in [0.2, 0.25) is 0 Å². The van der Waals surface area contributed by atoms with Gasteiger partial charge >= 0.3 is 6.09 Å². The van der Waals surface area contributed by atoms with Crippen molar-refractivity contribution in [3.8, 4) is 0 Å². The molecule has 1 aromatic rings. The van der Waals surface area contributed by atoms with Crippen LogP contribution in [0.1, 0.15) is 18.4 Å². The van der Waals surface area contributed by atoms with Crippen LogP contribution >= 0.6 is 0 Å². The summed E-state index contributed by atoms with van der Waals surface area (Å²) in [4.78, 5) is 36.9. The molecular formula is C18H20FN3O4. The number of amides is 3. The summed E-state index contributed by atoms with van der Waals surface area (Å²) in [5, 5.41) is 2.61. The van der Waals surface area contributed by atoms with Crippen molar-refractivity contribution in [2.24, 2.45) is 11.8 Å². The van der Waals surface area contributed by atoms with Gasteiger partial charge in [-0.1, -0.05) is 6.07 Å². The first-order valence-corrected chi connectivity index (χ1v) is 8.69. The van der Waals surface area contributed by atoms with Gasteiger partial charge in [-0.25, -0.2) is 9.18 Å². The maximum Gasteiger partial charge on any atom is 0.414 e. The van der Waals surface area contributed by atoms with Crippen molar-refractivity contribution >= 4 is 24.1 Å². The van der Waals surface area contributed by atoms with E-state index in [0.29, 0.717) is 36.2 Å². The molecule has 3 fully saturated rings. The van der Waals surface area contributed by atoms with E-state index in [-0.39, 0.29) is 30.7 Å². The summed E-state index contributed by atoms with van der Waals surface area (Å²) >= 11 is 0. The van der Waals surface area contributed by atoms with Gasteiger partial charge in [-0.15, -0.1) is 0 Å². The fraction of sp³-hybridized carbons (Fsp3) is 0.500. The van der Waals surface area contributed by atoms with Crippen molar-refractivity contribution in [1.29, 1.82) is 0 Å². The summed E-state index contributed by atoms with van der Waals surface area (Å²) in [6.07, 6.45) is -0.150. The number of anilines is 1. The molecule has 1 saturated carbocycles. The predicted molar refractivity (Wildman–Crippen MR) is 90.1 cm³/mol. The number of nitrogens with zero attached hydrogens (tertiary/aromatic N) is 2. The Morgan fingerprint density at radius 3 is 2.69 bits per heavy atom. The number of piperidine rings is 1. The Hall–Kier alpha value is -2.64. The zero-order valence-electron chi connectivity index (χ0n) is 14.4. The number of hydrogen-bond acceptors (Lipinski definition) is 4. The van der Waals surface area contributed by atoms with Gasteiger partial charge in [-0.3, -0.25) is 14.5 Å². The lowest BCUT2D eigenvalue weighted by Crippen LogP contribution is -2.33. The first kappa shape index (κ1) is 16.8. The number of hydrogen-bond donors (Lipinski definition) is 1. The number of cyclic esters (lactones) is 1. The van der Waals surface area contributed by atoms with E-state index >= 15 is 0 Å². The number of benzene rings is 1. The summed E-state index contributed by atoms with van der Waals surface area (Å²) < 4.78 is 19.8. The van der Waals surface area contributed by atoms with Crippen LogP contribution in [0.3, 0.4) is 0 Å². The topological polar surface area (TPSA) is 79.0 Å². The Kier molecular flexibility index (Phi) is 4.05. The highest BCUT2D eigenvalue weighted by molar-refractivity contribution is 5.89. The van der Waals surface area contributed by atoms with E-state index in [9.17, 15) is 18.8 Å². The monoisotopic (exact) mass is 361 g/mol. The predicted octanol–water partition coefficient (Wildman–Crippen LogP) is 1.09. The number of halogens is 1. The molecule has 0 unspecified atom stereocenters. The van der Waals surface area contributed by atoms with Crippen molar-refractivity contribution in [2.45, 2.75) is 18.9 Å². The van der Waals surface area contributed by atoms with E-state index in [0.717, 1.165) is 6.41 Å². The lowest BCUT2D eigenvalue weighted by atomic mass is 10.1. The summed E-state index contributed by atoms with van der Waals surface area (Å²) in [5.41, 5.74) is 1.10. The van der Waals surface area contributed by atoms with E-state index in [1.807, 2.05) is 0 Å². The molecule has 26 heavy (non-hydrogen) atoms. The number of fused-ring (bicyclic) bond motifs is 1. The first-order valence-electron chi connectivity index (χ1n) is 8.69. The zero-order chi connectivity index (χ0) is 18.4. The third-order valence-electron chi connectivity index (χ3n) is 5.48. The van der Waals surface area contributed by atoms with E-state index in [1.165, 1.54) is 17.9 Å². The third kappa shape index (κ3) is 2.89. The van der Waals surface area contributed by atoms with Crippen molar-refractivity contribution in [3.63, 3.8) is 0 Å². The largest absolute Gasteiger partial charge is 0.442 e. The molecule has 2 aliphatic heterocycles. The van der Waals surface area contributed by atoms with Crippen molar-refractivity contribution in [2.75, 3.05) is 31.1 Å². The fourth-order valence-electron chi connectivity index (χ4n) is 4.16.